The molecule has 0 fully saturated rings. The number of nitrogens with zero attached hydrogens (tertiary/aromatic N) is 3. The summed E-state index contributed by atoms with van der Waals surface area (Å²) in [5.41, 5.74) is 15.1. The van der Waals surface area contributed by atoms with Crippen LogP contribution in [0.1, 0.15) is 16.1 Å². The number of halogens is 1. The van der Waals surface area contributed by atoms with E-state index in [2.05, 4.69) is 20.4 Å². The first-order chi connectivity index (χ1) is 12.0. The van der Waals surface area contributed by atoms with Crippen molar-refractivity contribution in [3.05, 3.63) is 47.5 Å². The topological polar surface area (TPSA) is 124 Å². The van der Waals surface area contributed by atoms with Crippen LogP contribution in [-0.2, 0) is 0 Å². The zero-order chi connectivity index (χ0) is 17.7. The lowest BCUT2D eigenvalue weighted by atomic mass is 9.96. The fourth-order valence-corrected chi connectivity index (χ4v) is 2.98. The van der Waals surface area contributed by atoms with Gasteiger partial charge in [-0.1, -0.05) is 18.2 Å². The first-order valence-electron chi connectivity index (χ1n) is 7.46. The van der Waals surface area contributed by atoms with Crippen molar-refractivity contribution in [2.75, 3.05) is 5.73 Å². The predicted octanol–water partition coefficient (Wildman–Crippen LogP) is 2.30. The number of anilines is 1. The van der Waals surface area contributed by atoms with Crippen molar-refractivity contribution < 1.29 is 9.18 Å². The van der Waals surface area contributed by atoms with Crippen LogP contribution in [-0.4, -0.2) is 26.3 Å². The molecule has 0 saturated carbocycles. The molecule has 2 aromatic heterocycles. The summed E-state index contributed by atoms with van der Waals surface area (Å²) >= 11 is 0. The maximum Gasteiger partial charge on any atom is 0.271 e. The minimum Gasteiger partial charge on any atom is -0.396 e. The van der Waals surface area contributed by atoms with Gasteiger partial charge in [0.15, 0.2) is 5.69 Å². The van der Waals surface area contributed by atoms with Gasteiger partial charge in [0, 0.05) is 10.9 Å². The monoisotopic (exact) mass is 336 g/mol. The number of nitrogen functional groups attached to an aromatic ring is 1. The first-order valence-corrected chi connectivity index (χ1v) is 7.46. The zero-order valence-corrected chi connectivity index (χ0v) is 13.2. The van der Waals surface area contributed by atoms with E-state index < -0.39 is 11.9 Å². The number of fused-ring (bicyclic) bond motifs is 2. The fourth-order valence-electron chi connectivity index (χ4n) is 2.98. The number of H-pyrrole nitrogens is 1. The van der Waals surface area contributed by atoms with Gasteiger partial charge >= 0.3 is 0 Å². The lowest BCUT2D eigenvalue weighted by Crippen LogP contribution is -2.16. The first kappa shape index (κ1) is 15.0. The van der Waals surface area contributed by atoms with E-state index in [1.807, 2.05) is 13.0 Å². The highest BCUT2D eigenvalue weighted by molar-refractivity contribution is 6.08. The van der Waals surface area contributed by atoms with E-state index in [0.29, 0.717) is 21.8 Å². The summed E-state index contributed by atoms with van der Waals surface area (Å²) in [6, 6.07) is 8.86. The molecule has 2 aromatic carbocycles. The Balaban J connectivity index is 2.03. The van der Waals surface area contributed by atoms with Crippen molar-refractivity contribution in [3.63, 3.8) is 0 Å². The number of rotatable bonds is 2. The number of nitrogens with one attached hydrogen (secondary N) is 1. The van der Waals surface area contributed by atoms with Gasteiger partial charge in [0.1, 0.15) is 5.52 Å². The molecule has 124 valence electrons. The van der Waals surface area contributed by atoms with E-state index in [-0.39, 0.29) is 11.4 Å². The van der Waals surface area contributed by atoms with Gasteiger partial charge in [-0.3, -0.25) is 9.89 Å². The number of aromatic nitrogens is 4. The highest BCUT2D eigenvalue weighted by Gasteiger charge is 2.17. The highest BCUT2D eigenvalue weighted by Crippen LogP contribution is 2.34. The van der Waals surface area contributed by atoms with Crippen molar-refractivity contribution in [2.45, 2.75) is 6.92 Å². The average Bonchev–Trinajstić information content (AvgIpc) is 2.95. The normalized spacial score (nSPS) is 11.3. The van der Waals surface area contributed by atoms with Crippen LogP contribution < -0.4 is 11.5 Å². The van der Waals surface area contributed by atoms with Crippen LogP contribution in [0.15, 0.2) is 30.3 Å². The Morgan fingerprint density at radius 2 is 1.92 bits per heavy atom. The van der Waals surface area contributed by atoms with Crippen LogP contribution in [0.3, 0.4) is 0 Å². The molecule has 0 aliphatic rings. The molecule has 0 saturated heterocycles. The summed E-state index contributed by atoms with van der Waals surface area (Å²) in [5.74, 6) is -1.28. The van der Waals surface area contributed by atoms with Gasteiger partial charge in [-0.2, -0.15) is 4.39 Å². The molecule has 2 heterocycles. The molecule has 25 heavy (non-hydrogen) atoms. The maximum atomic E-state index is 13.6. The number of benzene rings is 2. The van der Waals surface area contributed by atoms with E-state index >= 15 is 0 Å². The van der Waals surface area contributed by atoms with Crippen molar-refractivity contribution in [2.24, 2.45) is 5.73 Å². The Labute approximate surface area is 140 Å². The van der Waals surface area contributed by atoms with Crippen LogP contribution in [0.4, 0.5) is 10.1 Å². The third-order valence-corrected chi connectivity index (χ3v) is 4.22. The fraction of sp³-hybridized carbons (Fsp3) is 0.0588. The van der Waals surface area contributed by atoms with Crippen LogP contribution in [0.25, 0.3) is 32.9 Å². The summed E-state index contributed by atoms with van der Waals surface area (Å²) in [6.07, 6.45) is 0. The number of aromatic amines is 1. The molecule has 8 heteroatoms. The number of carbonyl (C=O) groups is 1. The molecule has 0 bridgehead atoms. The molecule has 0 radical (unpaired) electrons. The minimum absolute atomic E-state index is 0.0617. The highest BCUT2D eigenvalue weighted by atomic mass is 19.1. The van der Waals surface area contributed by atoms with Gasteiger partial charge < -0.3 is 11.5 Å². The maximum absolute atomic E-state index is 13.6. The Morgan fingerprint density at radius 1 is 1.16 bits per heavy atom. The van der Waals surface area contributed by atoms with Crippen molar-refractivity contribution in [1.82, 2.24) is 20.4 Å². The number of carbonyl (C=O) groups excluding carboxylic acids is 1. The molecule has 4 rings (SSSR count). The van der Waals surface area contributed by atoms with E-state index in [0.717, 1.165) is 16.7 Å². The van der Waals surface area contributed by atoms with E-state index in [1.165, 1.54) is 0 Å². The molecular formula is C17H13FN6O. The Kier molecular flexibility index (Phi) is 3.14. The number of aryl methyl sites for hydroxylation is 1. The largest absolute Gasteiger partial charge is 0.396 e. The number of hydrogen-bond acceptors (Lipinski definition) is 5. The molecule has 0 spiro atoms. The van der Waals surface area contributed by atoms with E-state index in [4.69, 9.17) is 11.5 Å². The van der Waals surface area contributed by atoms with Gasteiger partial charge in [-0.25, -0.2) is 0 Å². The summed E-state index contributed by atoms with van der Waals surface area (Å²) in [5, 5.41) is 15.2. The van der Waals surface area contributed by atoms with Crippen LogP contribution >= 0.6 is 0 Å². The molecule has 0 aliphatic heterocycles. The standard InChI is InChI=1S/C17H13FN6O/c1-7-2-4-10-13(19)15(17(20)25)23-22-14(10)12(7)8-3-5-9-11(6-8)21-24-16(9)18/h2-6H,1H3,(H2,19,22)(H2,20,25)(H,21,24). The van der Waals surface area contributed by atoms with Crippen molar-refractivity contribution in [3.8, 4) is 11.1 Å². The number of nitrogens with two attached hydrogens (primary N) is 2. The van der Waals surface area contributed by atoms with Gasteiger partial charge in [-0.15, -0.1) is 15.3 Å². The summed E-state index contributed by atoms with van der Waals surface area (Å²) < 4.78 is 13.6. The molecule has 0 aliphatic carbocycles. The lowest BCUT2D eigenvalue weighted by Gasteiger charge is -2.12. The second-order valence-electron chi connectivity index (χ2n) is 5.75. The SMILES string of the molecule is Cc1ccc2c(N)c(C(N)=O)nnc2c1-c1ccc2c(F)n[nH]c2c1. The third kappa shape index (κ3) is 2.18. The van der Waals surface area contributed by atoms with Crippen LogP contribution in [0.2, 0.25) is 0 Å². The van der Waals surface area contributed by atoms with Gasteiger partial charge in [-0.05, 0) is 30.2 Å². The number of primary amides is 1. The Hall–Kier alpha value is -3.55. The average molecular weight is 336 g/mol. The quantitative estimate of drug-likeness (QED) is 0.518. The summed E-state index contributed by atoms with van der Waals surface area (Å²) in [6.45, 7) is 1.92. The van der Waals surface area contributed by atoms with Crippen LogP contribution in [0, 0.1) is 12.9 Å². The number of hydrogen-bond donors (Lipinski definition) is 3. The van der Waals surface area contributed by atoms with Gasteiger partial charge in [0.05, 0.1) is 16.6 Å². The Bertz CT molecular complexity index is 1170. The van der Waals surface area contributed by atoms with Crippen molar-refractivity contribution >= 4 is 33.4 Å². The second kappa shape index (κ2) is 5.23. The smallest absolute Gasteiger partial charge is 0.271 e. The lowest BCUT2D eigenvalue weighted by molar-refractivity contribution is 0.0996. The summed E-state index contributed by atoms with van der Waals surface area (Å²) in [4.78, 5) is 11.4. The molecule has 0 atom stereocenters. The van der Waals surface area contributed by atoms with Crippen molar-refractivity contribution in [1.29, 1.82) is 0 Å². The molecule has 7 nitrogen and oxygen atoms in total. The van der Waals surface area contributed by atoms with E-state index in [1.54, 1.807) is 24.3 Å². The zero-order valence-electron chi connectivity index (χ0n) is 13.2. The Morgan fingerprint density at radius 3 is 2.68 bits per heavy atom. The van der Waals surface area contributed by atoms with Crippen LogP contribution in [0.5, 0.6) is 0 Å². The molecule has 4 aromatic rings. The summed E-state index contributed by atoms with van der Waals surface area (Å²) in [7, 11) is 0. The van der Waals surface area contributed by atoms with Gasteiger partial charge in [0.25, 0.3) is 5.91 Å². The molecule has 5 N–H and O–H groups in total. The molecular weight excluding hydrogens is 323 g/mol. The molecule has 1 amide bonds. The predicted molar refractivity (Wildman–Crippen MR) is 92.3 cm³/mol. The van der Waals surface area contributed by atoms with Gasteiger partial charge in [0.2, 0.25) is 5.95 Å². The minimum atomic E-state index is -0.733. The molecule has 0 unspecified atom stereocenters. The third-order valence-electron chi connectivity index (χ3n) is 4.22. The van der Waals surface area contributed by atoms with E-state index in [9.17, 15) is 9.18 Å². The number of amides is 1. The second-order valence-corrected chi connectivity index (χ2v) is 5.75.